The van der Waals surface area contributed by atoms with Gasteiger partial charge in [-0.15, -0.1) is 0 Å². The molecule has 1 aromatic heterocycles. The van der Waals surface area contributed by atoms with Crippen LogP contribution in [-0.4, -0.2) is 35.6 Å². The van der Waals surface area contributed by atoms with Crippen molar-refractivity contribution in [3.8, 4) is 0 Å². The Morgan fingerprint density at radius 2 is 1.80 bits per heavy atom. The second-order valence-corrected chi connectivity index (χ2v) is 7.77. The maximum absolute atomic E-state index is 13.0. The summed E-state index contributed by atoms with van der Waals surface area (Å²) < 4.78 is 7.36. The number of ether oxygens (including phenoxy) is 1. The average molecular weight is 425 g/mol. The van der Waals surface area contributed by atoms with E-state index in [1.165, 1.54) is 5.56 Å². The Bertz CT molecular complexity index is 924. The Hall–Kier alpha value is -2.56. The van der Waals surface area contributed by atoms with E-state index >= 15 is 0 Å². The molecule has 0 atom stereocenters. The summed E-state index contributed by atoms with van der Waals surface area (Å²) in [7, 11) is 1.69. The van der Waals surface area contributed by atoms with E-state index in [0.717, 1.165) is 29.1 Å². The molecule has 158 valence electrons. The summed E-state index contributed by atoms with van der Waals surface area (Å²) in [4.78, 5) is 15.0. The molecule has 2 aromatic carbocycles. The summed E-state index contributed by atoms with van der Waals surface area (Å²) in [6, 6.07) is 22.1. The maximum atomic E-state index is 13.0. The van der Waals surface area contributed by atoms with Crippen molar-refractivity contribution >= 4 is 17.5 Å². The first-order valence-electron chi connectivity index (χ1n) is 10.4. The van der Waals surface area contributed by atoms with Gasteiger partial charge < -0.3 is 14.2 Å². The van der Waals surface area contributed by atoms with Crippen LogP contribution >= 0.6 is 11.6 Å². The van der Waals surface area contributed by atoms with Crippen LogP contribution in [0.4, 0.5) is 0 Å². The number of aromatic nitrogens is 1. The quantitative estimate of drug-likeness (QED) is 0.397. The van der Waals surface area contributed by atoms with Gasteiger partial charge in [0, 0.05) is 50.1 Å². The zero-order chi connectivity index (χ0) is 21.2. The van der Waals surface area contributed by atoms with Crippen molar-refractivity contribution in [3.05, 3.63) is 94.8 Å². The van der Waals surface area contributed by atoms with Gasteiger partial charge in [0.15, 0.2) is 0 Å². The van der Waals surface area contributed by atoms with Gasteiger partial charge in [-0.05, 0) is 42.2 Å². The fraction of sp³-hybridized carbons (Fsp3) is 0.320. The van der Waals surface area contributed by atoms with Gasteiger partial charge in [-0.1, -0.05) is 60.1 Å². The molecular weight excluding hydrogens is 396 g/mol. The molecule has 0 spiro atoms. The molecule has 30 heavy (non-hydrogen) atoms. The first-order chi connectivity index (χ1) is 14.7. The Kier molecular flexibility index (Phi) is 8.54. The summed E-state index contributed by atoms with van der Waals surface area (Å²) in [5.41, 5.74) is 3.35. The minimum Gasteiger partial charge on any atom is -0.385 e. The van der Waals surface area contributed by atoms with Crippen molar-refractivity contribution in [2.24, 2.45) is 0 Å². The topological polar surface area (TPSA) is 34.5 Å². The maximum Gasteiger partial charge on any atom is 0.223 e. The van der Waals surface area contributed by atoms with Crippen molar-refractivity contribution in [3.63, 3.8) is 0 Å². The van der Waals surface area contributed by atoms with Gasteiger partial charge in [0.2, 0.25) is 5.91 Å². The molecule has 0 N–H and O–H groups in total. The SMILES string of the molecule is COCCCN(Cc1cccn1Cc1ccccc1Cl)C(=O)CCc1ccccc1. The molecule has 0 fully saturated rings. The summed E-state index contributed by atoms with van der Waals surface area (Å²) in [6.45, 7) is 2.59. The predicted octanol–water partition coefficient (Wildman–Crippen LogP) is 5.19. The third-order valence-electron chi connectivity index (χ3n) is 5.17. The van der Waals surface area contributed by atoms with Crippen LogP contribution in [0, 0.1) is 0 Å². The number of aryl methyl sites for hydroxylation is 1. The molecule has 3 rings (SSSR count). The minimum absolute atomic E-state index is 0.167. The fourth-order valence-corrected chi connectivity index (χ4v) is 3.69. The van der Waals surface area contributed by atoms with Gasteiger partial charge in [-0.3, -0.25) is 4.79 Å². The van der Waals surface area contributed by atoms with Gasteiger partial charge in [-0.25, -0.2) is 0 Å². The number of methoxy groups -OCH3 is 1. The molecule has 0 aliphatic carbocycles. The second kappa shape index (κ2) is 11.6. The number of amides is 1. The lowest BCUT2D eigenvalue weighted by Gasteiger charge is -2.24. The highest BCUT2D eigenvalue weighted by molar-refractivity contribution is 6.31. The van der Waals surface area contributed by atoms with Crippen LogP contribution in [0.3, 0.4) is 0 Å². The van der Waals surface area contributed by atoms with E-state index in [-0.39, 0.29) is 5.91 Å². The van der Waals surface area contributed by atoms with E-state index < -0.39 is 0 Å². The molecule has 1 heterocycles. The summed E-state index contributed by atoms with van der Waals surface area (Å²) in [6.07, 6.45) is 4.11. The first-order valence-corrected chi connectivity index (χ1v) is 10.7. The van der Waals surface area contributed by atoms with Crippen LogP contribution < -0.4 is 0 Å². The molecule has 5 heteroatoms. The van der Waals surface area contributed by atoms with E-state index in [1.807, 2.05) is 59.6 Å². The van der Waals surface area contributed by atoms with Crippen LogP contribution in [0.1, 0.15) is 29.7 Å². The smallest absolute Gasteiger partial charge is 0.223 e. The van der Waals surface area contributed by atoms with E-state index in [2.05, 4.69) is 22.8 Å². The number of benzene rings is 2. The number of halogens is 1. The van der Waals surface area contributed by atoms with E-state index in [1.54, 1.807) is 7.11 Å². The molecular formula is C25H29ClN2O2. The first kappa shape index (κ1) is 22.1. The molecule has 0 unspecified atom stereocenters. The third kappa shape index (κ3) is 6.48. The monoisotopic (exact) mass is 424 g/mol. The zero-order valence-electron chi connectivity index (χ0n) is 17.5. The van der Waals surface area contributed by atoms with Gasteiger partial charge >= 0.3 is 0 Å². The Balaban J connectivity index is 1.68. The highest BCUT2D eigenvalue weighted by Crippen LogP contribution is 2.18. The lowest BCUT2D eigenvalue weighted by Crippen LogP contribution is -2.33. The van der Waals surface area contributed by atoms with Gasteiger partial charge in [0.1, 0.15) is 0 Å². The standard InChI is InChI=1S/C25H29ClN2O2/c1-30-18-8-17-28(25(29)15-14-21-9-3-2-4-10-21)20-23-12-7-16-27(23)19-22-11-5-6-13-24(22)26/h2-7,9-13,16H,8,14-15,17-20H2,1H3. The molecule has 0 saturated carbocycles. The summed E-state index contributed by atoms with van der Waals surface area (Å²) in [5.74, 6) is 0.167. The lowest BCUT2D eigenvalue weighted by atomic mass is 10.1. The Labute approximate surface area is 184 Å². The van der Waals surface area contributed by atoms with Crippen LogP contribution in [0.2, 0.25) is 5.02 Å². The molecule has 0 aliphatic rings. The van der Waals surface area contributed by atoms with E-state index in [0.29, 0.717) is 32.7 Å². The average Bonchev–Trinajstić information content (AvgIpc) is 3.20. The second-order valence-electron chi connectivity index (χ2n) is 7.37. The molecule has 0 saturated heterocycles. The van der Waals surface area contributed by atoms with Crippen molar-refractivity contribution in [1.29, 1.82) is 0 Å². The molecule has 0 radical (unpaired) electrons. The van der Waals surface area contributed by atoms with E-state index in [9.17, 15) is 4.79 Å². The third-order valence-corrected chi connectivity index (χ3v) is 5.54. The molecule has 1 amide bonds. The van der Waals surface area contributed by atoms with Gasteiger partial charge in [0.25, 0.3) is 0 Å². The highest BCUT2D eigenvalue weighted by Gasteiger charge is 2.16. The van der Waals surface area contributed by atoms with Crippen molar-refractivity contribution in [1.82, 2.24) is 9.47 Å². The number of carbonyl (C=O) groups excluding carboxylic acids is 1. The van der Waals surface area contributed by atoms with Gasteiger partial charge in [-0.2, -0.15) is 0 Å². The van der Waals surface area contributed by atoms with E-state index in [4.69, 9.17) is 16.3 Å². The van der Waals surface area contributed by atoms with Crippen LogP contribution in [0.25, 0.3) is 0 Å². The number of hydrogen-bond donors (Lipinski definition) is 0. The number of carbonyl (C=O) groups is 1. The molecule has 0 bridgehead atoms. The Morgan fingerprint density at radius 1 is 1.03 bits per heavy atom. The van der Waals surface area contributed by atoms with Crippen LogP contribution in [0.5, 0.6) is 0 Å². The molecule has 0 aliphatic heterocycles. The minimum atomic E-state index is 0.167. The molecule has 4 nitrogen and oxygen atoms in total. The fourth-order valence-electron chi connectivity index (χ4n) is 3.50. The predicted molar refractivity (Wildman–Crippen MR) is 122 cm³/mol. The van der Waals surface area contributed by atoms with Crippen molar-refractivity contribution in [2.75, 3.05) is 20.3 Å². The lowest BCUT2D eigenvalue weighted by molar-refractivity contribution is -0.132. The van der Waals surface area contributed by atoms with Crippen LogP contribution in [0.15, 0.2) is 72.9 Å². The van der Waals surface area contributed by atoms with Crippen molar-refractivity contribution in [2.45, 2.75) is 32.4 Å². The Morgan fingerprint density at radius 3 is 2.57 bits per heavy atom. The number of nitrogens with zero attached hydrogens (tertiary/aromatic N) is 2. The van der Waals surface area contributed by atoms with Gasteiger partial charge in [0.05, 0.1) is 6.54 Å². The number of rotatable bonds is 11. The highest BCUT2D eigenvalue weighted by atomic mass is 35.5. The zero-order valence-corrected chi connectivity index (χ0v) is 18.2. The molecule has 3 aromatic rings. The normalized spacial score (nSPS) is 10.9. The number of hydrogen-bond acceptors (Lipinski definition) is 2. The largest absolute Gasteiger partial charge is 0.385 e. The van der Waals surface area contributed by atoms with Crippen molar-refractivity contribution < 1.29 is 9.53 Å². The van der Waals surface area contributed by atoms with Crippen LogP contribution in [-0.2, 0) is 29.0 Å². The summed E-state index contributed by atoms with van der Waals surface area (Å²) >= 11 is 6.34. The summed E-state index contributed by atoms with van der Waals surface area (Å²) in [5, 5.41) is 0.757.